The van der Waals surface area contributed by atoms with Crippen molar-refractivity contribution >= 4 is 47.1 Å². The van der Waals surface area contributed by atoms with Gasteiger partial charge in [-0.1, -0.05) is 31.5 Å². The number of nitrogens with zero attached hydrogens (tertiary/aromatic N) is 1. The maximum absolute atomic E-state index is 15.0. The second-order valence-electron chi connectivity index (χ2n) is 10.0. The predicted octanol–water partition coefficient (Wildman–Crippen LogP) is 6.22. The summed E-state index contributed by atoms with van der Waals surface area (Å²) in [7, 11) is -1.47. The zero-order valence-electron chi connectivity index (χ0n) is 21.7. The summed E-state index contributed by atoms with van der Waals surface area (Å²) in [6.07, 6.45) is 1.37. The van der Waals surface area contributed by atoms with Crippen molar-refractivity contribution in [3.05, 3.63) is 91.5 Å². The summed E-state index contributed by atoms with van der Waals surface area (Å²) in [5, 5.41) is 18.2. The van der Waals surface area contributed by atoms with Gasteiger partial charge < -0.3 is 19.5 Å². The van der Waals surface area contributed by atoms with E-state index in [9.17, 15) is 9.82 Å². The molecule has 194 valence electrons. The van der Waals surface area contributed by atoms with Gasteiger partial charge in [-0.3, -0.25) is 4.79 Å². The van der Waals surface area contributed by atoms with Crippen molar-refractivity contribution in [2.75, 3.05) is 5.32 Å². The predicted molar refractivity (Wildman–Crippen MR) is 151 cm³/mol. The largest absolute Gasteiger partial charge is 0.586 e. The third-order valence-electron chi connectivity index (χ3n) is 6.85. The van der Waals surface area contributed by atoms with Crippen molar-refractivity contribution in [1.82, 2.24) is 0 Å². The van der Waals surface area contributed by atoms with Gasteiger partial charge in [-0.25, -0.2) is 4.39 Å². The third kappa shape index (κ3) is 4.59. The molecule has 1 aromatic heterocycles. The Balaban J connectivity index is 1.62. The maximum atomic E-state index is 15.0. The molecule has 1 aliphatic rings. The van der Waals surface area contributed by atoms with Crippen LogP contribution >= 0.6 is 11.6 Å². The normalized spacial score (nSPS) is 13.6. The quantitative estimate of drug-likeness (QED) is 0.298. The molecular formula is C29H27BClFN2O4. The van der Waals surface area contributed by atoms with Gasteiger partial charge in [0.15, 0.2) is 5.43 Å². The fourth-order valence-corrected chi connectivity index (χ4v) is 5.18. The highest BCUT2D eigenvalue weighted by Crippen LogP contribution is 2.36. The van der Waals surface area contributed by atoms with E-state index in [4.69, 9.17) is 20.8 Å². The smallest absolute Gasteiger partial charge is 0.460 e. The molecule has 0 fully saturated rings. The minimum absolute atomic E-state index is 0.0309. The number of anilines is 1. The summed E-state index contributed by atoms with van der Waals surface area (Å²) in [5.74, 6) is 0.112. The highest BCUT2D eigenvalue weighted by molar-refractivity contribution is 6.62. The monoisotopic (exact) mass is 532 g/mol. The number of hydrogen-bond acceptors (Lipinski definition) is 6. The van der Waals surface area contributed by atoms with Crippen LogP contribution in [0.15, 0.2) is 56.8 Å². The molecule has 1 unspecified atom stereocenters. The van der Waals surface area contributed by atoms with Crippen LogP contribution in [-0.4, -0.2) is 18.4 Å². The summed E-state index contributed by atoms with van der Waals surface area (Å²) in [6, 6.07) is 12.0. The van der Waals surface area contributed by atoms with Gasteiger partial charge in [-0.15, -0.1) is 5.16 Å². The minimum Gasteiger partial charge on any atom is -0.460 e. The van der Waals surface area contributed by atoms with Crippen LogP contribution in [-0.2, 0) is 4.76 Å². The lowest BCUT2D eigenvalue weighted by Gasteiger charge is -2.22. The van der Waals surface area contributed by atoms with Crippen LogP contribution in [0.4, 0.5) is 10.1 Å². The fraction of sp³-hybridized carbons (Fsp3) is 0.241. The van der Waals surface area contributed by atoms with Crippen molar-refractivity contribution < 1.29 is 18.6 Å². The molecule has 6 nitrogen and oxygen atoms in total. The number of fused-ring (bicyclic) bond motifs is 2. The van der Waals surface area contributed by atoms with E-state index < -0.39 is 12.9 Å². The molecule has 0 bridgehead atoms. The van der Waals surface area contributed by atoms with E-state index >= 15 is 4.39 Å². The number of oxime groups is 1. The first-order valence-corrected chi connectivity index (χ1v) is 12.8. The van der Waals surface area contributed by atoms with Crippen LogP contribution < -0.4 is 16.2 Å². The van der Waals surface area contributed by atoms with Crippen molar-refractivity contribution in [1.29, 1.82) is 0 Å². The first-order valence-electron chi connectivity index (χ1n) is 12.4. The summed E-state index contributed by atoms with van der Waals surface area (Å²) >= 11 is 6.35. The summed E-state index contributed by atoms with van der Waals surface area (Å²) in [4.78, 5) is 13.2. The Bertz CT molecular complexity index is 1670. The van der Waals surface area contributed by atoms with E-state index in [1.165, 1.54) is 12.3 Å². The lowest BCUT2D eigenvalue weighted by molar-refractivity contribution is 0.285. The third-order valence-corrected chi connectivity index (χ3v) is 7.08. The standard InChI is InChI=1S/C29H27BClFN2O4/c1-14(2)28-16(4)27(35)23-9-15(3)8-21(29(23)37-28)17(5)34-25-7-6-20(31)12-22(25)18-10-19-13-33-38-30(36)26(19)24(32)11-18/h6-14,17,34,36H,1-5H3. The molecule has 0 saturated heterocycles. The fourth-order valence-electron chi connectivity index (χ4n) is 5.01. The van der Waals surface area contributed by atoms with Crippen molar-refractivity contribution in [2.24, 2.45) is 5.16 Å². The van der Waals surface area contributed by atoms with Gasteiger partial charge in [0.25, 0.3) is 0 Å². The molecule has 0 aliphatic carbocycles. The Labute approximate surface area is 225 Å². The first-order chi connectivity index (χ1) is 18.0. The van der Waals surface area contributed by atoms with Crippen molar-refractivity contribution in [2.45, 2.75) is 46.6 Å². The van der Waals surface area contributed by atoms with Crippen molar-refractivity contribution in [3.63, 3.8) is 0 Å². The molecule has 0 saturated carbocycles. The number of halogens is 2. The molecule has 0 radical (unpaired) electrons. The lowest BCUT2D eigenvalue weighted by Crippen LogP contribution is -2.40. The van der Waals surface area contributed by atoms with Gasteiger partial charge in [0.05, 0.1) is 17.6 Å². The first kappa shape index (κ1) is 26.0. The number of rotatable bonds is 5. The molecule has 2 heterocycles. The number of aryl methyl sites for hydroxylation is 1. The number of benzene rings is 3. The van der Waals surface area contributed by atoms with E-state index in [1.54, 1.807) is 25.1 Å². The van der Waals surface area contributed by atoms with E-state index in [0.29, 0.717) is 49.7 Å². The maximum Gasteiger partial charge on any atom is 0.586 e. The Kier molecular flexibility index (Phi) is 6.80. The Morgan fingerprint density at radius 2 is 1.87 bits per heavy atom. The molecular weight excluding hydrogens is 506 g/mol. The summed E-state index contributed by atoms with van der Waals surface area (Å²) in [6.45, 7) is 9.73. The molecule has 5 rings (SSSR count). The Morgan fingerprint density at radius 1 is 1.11 bits per heavy atom. The number of hydrogen-bond donors (Lipinski definition) is 2. The van der Waals surface area contributed by atoms with Gasteiger partial charge in [0.1, 0.15) is 17.2 Å². The molecule has 1 atom stereocenters. The molecule has 2 N–H and O–H groups in total. The van der Waals surface area contributed by atoms with Crippen molar-refractivity contribution in [3.8, 4) is 11.1 Å². The highest BCUT2D eigenvalue weighted by atomic mass is 35.5. The highest BCUT2D eigenvalue weighted by Gasteiger charge is 2.30. The molecule has 0 spiro atoms. The Hall–Kier alpha value is -3.62. The Morgan fingerprint density at radius 3 is 2.61 bits per heavy atom. The molecule has 4 aromatic rings. The van der Waals surface area contributed by atoms with Gasteiger partial charge in [0, 0.05) is 44.3 Å². The minimum atomic E-state index is -1.47. The zero-order chi connectivity index (χ0) is 27.3. The average Bonchev–Trinajstić information content (AvgIpc) is 2.86. The van der Waals surface area contributed by atoms with Gasteiger partial charge in [-0.2, -0.15) is 0 Å². The number of nitrogens with one attached hydrogen (secondary N) is 1. The van der Waals surface area contributed by atoms with Gasteiger partial charge in [0.2, 0.25) is 0 Å². The summed E-state index contributed by atoms with van der Waals surface area (Å²) < 4.78 is 26.1. The van der Waals surface area contributed by atoms with Gasteiger partial charge >= 0.3 is 7.12 Å². The molecule has 3 aromatic carbocycles. The van der Waals surface area contributed by atoms with Crippen LogP contribution in [0.3, 0.4) is 0 Å². The second-order valence-corrected chi connectivity index (χ2v) is 10.5. The summed E-state index contributed by atoms with van der Waals surface area (Å²) in [5.41, 5.74) is 5.30. The van der Waals surface area contributed by atoms with E-state index in [0.717, 1.165) is 11.1 Å². The average molecular weight is 533 g/mol. The SMILES string of the molecule is Cc1cc(C(C)Nc2ccc(Cl)cc2-c2cc(F)c3c(c2)C=NOB3O)c2oc(C(C)C)c(C)c(=O)c2c1. The van der Waals surface area contributed by atoms with Crippen LogP contribution in [0.2, 0.25) is 5.02 Å². The lowest BCUT2D eigenvalue weighted by atomic mass is 9.75. The van der Waals surface area contributed by atoms with Crippen LogP contribution in [0, 0.1) is 19.7 Å². The zero-order valence-corrected chi connectivity index (χ0v) is 22.5. The van der Waals surface area contributed by atoms with Crippen LogP contribution in [0.25, 0.3) is 22.1 Å². The second kappa shape index (κ2) is 9.93. The van der Waals surface area contributed by atoms with E-state index in [1.807, 2.05) is 45.9 Å². The molecule has 9 heteroatoms. The van der Waals surface area contributed by atoms with Crippen LogP contribution in [0.5, 0.6) is 0 Å². The molecule has 0 amide bonds. The molecule has 1 aliphatic heterocycles. The van der Waals surface area contributed by atoms with Crippen LogP contribution in [0.1, 0.15) is 60.7 Å². The van der Waals surface area contributed by atoms with E-state index in [-0.39, 0.29) is 22.9 Å². The van der Waals surface area contributed by atoms with E-state index in [2.05, 4.69) is 10.5 Å². The molecule has 38 heavy (non-hydrogen) atoms. The van der Waals surface area contributed by atoms with Gasteiger partial charge in [-0.05, 0) is 68.3 Å². The topological polar surface area (TPSA) is 84.1 Å².